The first kappa shape index (κ1) is 18.4. The highest BCUT2D eigenvalue weighted by atomic mass is 35.5. The first-order valence-electron chi connectivity index (χ1n) is 7.84. The lowest BCUT2D eigenvalue weighted by molar-refractivity contribution is 0.125. The SMILES string of the molecule is CCCC(C)[C@H](c1ccc(F)cc1C)N1CCNCC1.Cl. The summed E-state index contributed by atoms with van der Waals surface area (Å²) < 4.78 is 13.4. The standard InChI is InChI=1S/C17H27FN2.ClH/c1-4-5-13(2)17(20-10-8-19-9-11-20)16-7-6-15(18)12-14(16)3;/h6-7,12-13,17,19H,4-5,8-11H2,1-3H3;1H/t13?,17-;/m1./s1. The van der Waals surface area contributed by atoms with Gasteiger partial charge in [0.2, 0.25) is 0 Å². The Morgan fingerprint density at radius 2 is 1.95 bits per heavy atom. The molecule has 0 saturated carbocycles. The number of piperazine rings is 1. The Kier molecular flexibility index (Phi) is 7.64. The molecule has 4 heteroatoms. The highest BCUT2D eigenvalue weighted by molar-refractivity contribution is 5.85. The monoisotopic (exact) mass is 314 g/mol. The van der Waals surface area contributed by atoms with Gasteiger partial charge in [-0.05, 0) is 42.5 Å². The number of aryl methyl sites for hydroxylation is 1. The van der Waals surface area contributed by atoms with Crippen molar-refractivity contribution < 1.29 is 4.39 Å². The number of nitrogens with zero attached hydrogens (tertiary/aromatic N) is 1. The van der Waals surface area contributed by atoms with Crippen LogP contribution >= 0.6 is 12.4 Å². The Morgan fingerprint density at radius 3 is 2.52 bits per heavy atom. The minimum absolute atomic E-state index is 0. The average molecular weight is 315 g/mol. The first-order chi connectivity index (χ1) is 9.63. The van der Waals surface area contributed by atoms with Gasteiger partial charge < -0.3 is 5.32 Å². The summed E-state index contributed by atoms with van der Waals surface area (Å²) in [5.74, 6) is 0.468. The van der Waals surface area contributed by atoms with E-state index in [0.717, 1.165) is 31.7 Å². The molecular formula is C17H28ClFN2. The molecule has 1 saturated heterocycles. The van der Waals surface area contributed by atoms with Gasteiger partial charge in [-0.2, -0.15) is 0 Å². The molecule has 2 nitrogen and oxygen atoms in total. The van der Waals surface area contributed by atoms with Crippen molar-refractivity contribution in [2.75, 3.05) is 26.2 Å². The van der Waals surface area contributed by atoms with Crippen molar-refractivity contribution in [1.82, 2.24) is 10.2 Å². The normalized spacial score (nSPS) is 18.9. The van der Waals surface area contributed by atoms with Crippen molar-refractivity contribution in [2.45, 2.75) is 39.7 Å². The molecule has 2 rings (SSSR count). The maximum absolute atomic E-state index is 13.4. The van der Waals surface area contributed by atoms with Gasteiger partial charge in [-0.25, -0.2) is 4.39 Å². The van der Waals surface area contributed by atoms with Crippen molar-refractivity contribution >= 4 is 12.4 Å². The second-order valence-electron chi connectivity index (χ2n) is 6.00. The molecule has 1 aliphatic heterocycles. The van der Waals surface area contributed by atoms with Crippen LogP contribution in [0.3, 0.4) is 0 Å². The van der Waals surface area contributed by atoms with Crippen molar-refractivity contribution in [3.63, 3.8) is 0 Å². The molecule has 1 aliphatic rings. The summed E-state index contributed by atoms with van der Waals surface area (Å²) in [6.45, 7) is 10.9. The van der Waals surface area contributed by atoms with Gasteiger partial charge in [-0.15, -0.1) is 12.4 Å². The third-order valence-corrected chi connectivity index (χ3v) is 4.38. The van der Waals surface area contributed by atoms with E-state index in [1.807, 2.05) is 13.0 Å². The van der Waals surface area contributed by atoms with Crippen molar-refractivity contribution in [2.24, 2.45) is 5.92 Å². The number of benzene rings is 1. The summed E-state index contributed by atoms with van der Waals surface area (Å²) in [5.41, 5.74) is 2.38. The third-order valence-electron chi connectivity index (χ3n) is 4.38. The van der Waals surface area contributed by atoms with Crippen LogP contribution in [0.4, 0.5) is 4.39 Å². The second kappa shape index (κ2) is 8.72. The van der Waals surface area contributed by atoms with E-state index in [1.165, 1.54) is 18.4 Å². The molecule has 0 bridgehead atoms. The lowest BCUT2D eigenvalue weighted by atomic mass is 9.87. The zero-order valence-corrected chi connectivity index (χ0v) is 14.2. The van der Waals surface area contributed by atoms with Crippen molar-refractivity contribution in [1.29, 1.82) is 0 Å². The molecule has 1 aromatic rings. The highest BCUT2D eigenvalue weighted by Gasteiger charge is 2.27. The summed E-state index contributed by atoms with van der Waals surface area (Å²) in [6.07, 6.45) is 2.41. The summed E-state index contributed by atoms with van der Waals surface area (Å²) >= 11 is 0. The fourth-order valence-electron chi connectivity index (χ4n) is 3.41. The predicted molar refractivity (Wildman–Crippen MR) is 89.6 cm³/mol. The van der Waals surface area contributed by atoms with E-state index in [4.69, 9.17) is 0 Å². The highest BCUT2D eigenvalue weighted by Crippen LogP contribution is 2.33. The lowest BCUT2D eigenvalue weighted by Crippen LogP contribution is -2.46. The molecule has 1 fully saturated rings. The minimum atomic E-state index is -0.131. The van der Waals surface area contributed by atoms with Gasteiger partial charge in [0, 0.05) is 32.2 Å². The number of rotatable bonds is 5. The van der Waals surface area contributed by atoms with Crippen molar-refractivity contribution in [3.05, 3.63) is 35.1 Å². The summed E-state index contributed by atoms with van der Waals surface area (Å²) in [4.78, 5) is 2.57. The van der Waals surface area contributed by atoms with E-state index >= 15 is 0 Å². The molecule has 0 amide bonds. The van der Waals surface area contributed by atoms with Gasteiger partial charge in [-0.1, -0.05) is 26.3 Å². The minimum Gasteiger partial charge on any atom is -0.314 e. The molecule has 0 aromatic heterocycles. The average Bonchev–Trinajstić information content (AvgIpc) is 2.43. The topological polar surface area (TPSA) is 15.3 Å². The molecule has 1 unspecified atom stereocenters. The Labute approximate surface area is 134 Å². The second-order valence-corrected chi connectivity index (χ2v) is 6.00. The molecule has 1 N–H and O–H groups in total. The number of nitrogens with one attached hydrogen (secondary N) is 1. The fourth-order valence-corrected chi connectivity index (χ4v) is 3.41. The van der Waals surface area contributed by atoms with E-state index in [0.29, 0.717) is 12.0 Å². The van der Waals surface area contributed by atoms with Crippen molar-refractivity contribution in [3.8, 4) is 0 Å². The van der Waals surface area contributed by atoms with Crippen LogP contribution in [-0.2, 0) is 0 Å². The zero-order chi connectivity index (χ0) is 14.5. The van der Waals surface area contributed by atoms with Crippen LogP contribution < -0.4 is 5.32 Å². The Hall–Kier alpha value is -0.640. The Morgan fingerprint density at radius 1 is 1.29 bits per heavy atom. The smallest absolute Gasteiger partial charge is 0.123 e. The Bertz CT molecular complexity index is 433. The van der Waals surface area contributed by atoms with Crippen LogP contribution in [0.2, 0.25) is 0 Å². The first-order valence-corrected chi connectivity index (χ1v) is 7.84. The summed E-state index contributed by atoms with van der Waals surface area (Å²) in [7, 11) is 0. The Balaban J connectivity index is 0.00000220. The summed E-state index contributed by atoms with van der Waals surface area (Å²) in [5, 5.41) is 3.41. The molecule has 0 radical (unpaired) electrons. The molecule has 2 atom stereocenters. The number of halogens is 2. The van der Waals surface area contributed by atoms with Gasteiger partial charge in [0.15, 0.2) is 0 Å². The van der Waals surface area contributed by atoms with Gasteiger partial charge in [0.1, 0.15) is 5.82 Å². The zero-order valence-electron chi connectivity index (χ0n) is 13.4. The molecule has 1 heterocycles. The largest absolute Gasteiger partial charge is 0.314 e. The van der Waals surface area contributed by atoms with E-state index in [1.54, 1.807) is 12.1 Å². The number of hydrogen-bond donors (Lipinski definition) is 1. The maximum Gasteiger partial charge on any atom is 0.123 e. The quantitative estimate of drug-likeness (QED) is 0.885. The molecule has 0 aliphatic carbocycles. The fraction of sp³-hybridized carbons (Fsp3) is 0.647. The third kappa shape index (κ3) is 4.67. The van der Waals surface area contributed by atoms with Gasteiger partial charge >= 0.3 is 0 Å². The van der Waals surface area contributed by atoms with Crippen LogP contribution in [-0.4, -0.2) is 31.1 Å². The van der Waals surface area contributed by atoms with Gasteiger partial charge in [-0.3, -0.25) is 4.90 Å². The van der Waals surface area contributed by atoms with Crippen LogP contribution in [0.1, 0.15) is 43.9 Å². The van der Waals surface area contributed by atoms with E-state index < -0.39 is 0 Å². The number of hydrogen-bond acceptors (Lipinski definition) is 2. The molecule has 120 valence electrons. The van der Waals surface area contributed by atoms with E-state index in [2.05, 4.69) is 24.1 Å². The molecule has 1 aromatic carbocycles. The molecule has 21 heavy (non-hydrogen) atoms. The van der Waals surface area contributed by atoms with Crippen LogP contribution in [0.5, 0.6) is 0 Å². The van der Waals surface area contributed by atoms with Crippen LogP contribution in [0.25, 0.3) is 0 Å². The summed E-state index contributed by atoms with van der Waals surface area (Å²) in [6, 6.07) is 5.68. The van der Waals surface area contributed by atoms with Crippen LogP contribution in [0.15, 0.2) is 18.2 Å². The predicted octanol–water partition coefficient (Wildman–Crippen LogP) is 3.94. The molecule has 0 spiro atoms. The maximum atomic E-state index is 13.4. The lowest BCUT2D eigenvalue weighted by Gasteiger charge is -2.39. The van der Waals surface area contributed by atoms with E-state index in [-0.39, 0.29) is 18.2 Å². The van der Waals surface area contributed by atoms with Gasteiger partial charge in [0.25, 0.3) is 0 Å². The van der Waals surface area contributed by atoms with Crippen LogP contribution in [0, 0.1) is 18.7 Å². The van der Waals surface area contributed by atoms with E-state index in [9.17, 15) is 4.39 Å². The van der Waals surface area contributed by atoms with Gasteiger partial charge in [0.05, 0.1) is 0 Å². The molecular weight excluding hydrogens is 287 g/mol.